The van der Waals surface area contributed by atoms with Crippen LogP contribution in [-0.4, -0.2) is 26.9 Å². The summed E-state index contributed by atoms with van der Waals surface area (Å²) in [7, 11) is 0. The van der Waals surface area contributed by atoms with E-state index in [0.717, 1.165) is 4.90 Å². The van der Waals surface area contributed by atoms with Crippen molar-refractivity contribution >= 4 is 23.1 Å². The van der Waals surface area contributed by atoms with E-state index < -0.39 is 17.7 Å². The largest absolute Gasteiger partial charge is 0.507 e. The summed E-state index contributed by atoms with van der Waals surface area (Å²) < 4.78 is 5.44. The molecule has 1 saturated heterocycles. The number of carbonyl (C=O) groups is 2. The van der Waals surface area contributed by atoms with Crippen LogP contribution in [0.5, 0.6) is 5.75 Å². The second kappa shape index (κ2) is 6.45. The van der Waals surface area contributed by atoms with Gasteiger partial charge in [0.1, 0.15) is 23.3 Å². The molecule has 2 aromatic heterocycles. The second-order valence-electron chi connectivity index (χ2n) is 5.91. The fourth-order valence-electron chi connectivity index (χ4n) is 3.13. The van der Waals surface area contributed by atoms with Crippen molar-refractivity contribution in [1.82, 2.24) is 4.98 Å². The van der Waals surface area contributed by atoms with Crippen LogP contribution in [0.25, 0.3) is 5.76 Å². The molecule has 1 amide bonds. The summed E-state index contributed by atoms with van der Waals surface area (Å²) in [5.74, 6) is -1.95. The number of hydrogen-bond donors (Lipinski definition) is 2. The topological polar surface area (TPSA) is 104 Å². The number of amides is 1. The number of furan rings is 1. The number of benzene rings is 1. The van der Waals surface area contributed by atoms with Gasteiger partial charge < -0.3 is 14.6 Å². The van der Waals surface area contributed by atoms with E-state index in [1.807, 2.05) is 0 Å². The standard InChI is InChI=1S/C20H14N2O5/c23-14-5-2-1-4-13(14)22-17(15-6-3-11-27-15)16(19(25)20(22)26)18(24)12-7-9-21-10-8-12/h1-11,17,23-24H/b18-16-. The fraction of sp³-hybridized carbons (Fsp3) is 0.0500. The molecule has 3 aromatic rings. The first-order valence-electron chi connectivity index (χ1n) is 8.12. The number of aromatic hydroxyl groups is 1. The summed E-state index contributed by atoms with van der Waals surface area (Å²) in [5, 5.41) is 21.0. The van der Waals surface area contributed by atoms with E-state index >= 15 is 0 Å². The Morgan fingerprint density at radius 3 is 2.44 bits per heavy atom. The predicted octanol–water partition coefficient (Wildman–Crippen LogP) is 3.01. The smallest absolute Gasteiger partial charge is 0.300 e. The average molecular weight is 362 g/mol. The van der Waals surface area contributed by atoms with E-state index in [0.29, 0.717) is 5.56 Å². The molecule has 1 aliphatic heterocycles. The van der Waals surface area contributed by atoms with E-state index in [1.54, 1.807) is 24.3 Å². The molecule has 3 heterocycles. The van der Waals surface area contributed by atoms with E-state index in [1.165, 1.54) is 42.9 Å². The molecule has 2 N–H and O–H groups in total. The van der Waals surface area contributed by atoms with Gasteiger partial charge in [0.15, 0.2) is 0 Å². The molecule has 1 atom stereocenters. The monoisotopic (exact) mass is 362 g/mol. The number of aromatic nitrogens is 1. The summed E-state index contributed by atoms with van der Waals surface area (Å²) in [6, 6.07) is 11.4. The van der Waals surface area contributed by atoms with Crippen molar-refractivity contribution in [2.45, 2.75) is 6.04 Å². The molecule has 0 radical (unpaired) electrons. The number of pyridine rings is 1. The second-order valence-corrected chi connectivity index (χ2v) is 5.91. The van der Waals surface area contributed by atoms with Gasteiger partial charge in [-0.25, -0.2) is 0 Å². The Labute approximate surface area is 153 Å². The van der Waals surface area contributed by atoms with Gasteiger partial charge in [-0.05, 0) is 36.4 Å². The fourth-order valence-corrected chi connectivity index (χ4v) is 3.13. The molecule has 1 fully saturated rings. The number of para-hydroxylation sites is 2. The van der Waals surface area contributed by atoms with Crippen LogP contribution < -0.4 is 4.90 Å². The molecule has 0 saturated carbocycles. The molecule has 7 heteroatoms. The van der Waals surface area contributed by atoms with Crippen LogP contribution in [0.3, 0.4) is 0 Å². The van der Waals surface area contributed by atoms with E-state index in [9.17, 15) is 19.8 Å². The minimum atomic E-state index is -1.01. The van der Waals surface area contributed by atoms with E-state index in [2.05, 4.69) is 4.98 Å². The summed E-state index contributed by atoms with van der Waals surface area (Å²) in [6.07, 6.45) is 4.35. The molecule has 4 rings (SSSR count). The molecule has 1 aromatic carbocycles. The molecule has 134 valence electrons. The van der Waals surface area contributed by atoms with Crippen LogP contribution in [0.1, 0.15) is 17.4 Å². The van der Waals surface area contributed by atoms with Gasteiger partial charge in [-0.1, -0.05) is 12.1 Å². The average Bonchev–Trinajstić information content (AvgIpc) is 3.30. The zero-order valence-electron chi connectivity index (χ0n) is 13.9. The lowest BCUT2D eigenvalue weighted by Crippen LogP contribution is -2.29. The summed E-state index contributed by atoms with van der Waals surface area (Å²) in [5.41, 5.74) is 0.371. The lowest BCUT2D eigenvalue weighted by Gasteiger charge is -2.23. The maximum absolute atomic E-state index is 12.8. The number of rotatable bonds is 3. The van der Waals surface area contributed by atoms with Gasteiger partial charge in [0, 0.05) is 18.0 Å². The molecule has 1 unspecified atom stereocenters. The zero-order chi connectivity index (χ0) is 19.0. The Morgan fingerprint density at radius 1 is 1.04 bits per heavy atom. The number of phenolic OH excluding ortho intramolecular Hbond substituents is 1. The third-order valence-corrected chi connectivity index (χ3v) is 4.35. The number of nitrogens with zero attached hydrogens (tertiary/aromatic N) is 2. The number of hydrogen-bond acceptors (Lipinski definition) is 6. The minimum absolute atomic E-state index is 0.121. The molecule has 7 nitrogen and oxygen atoms in total. The van der Waals surface area contributed by atoms with Crippen molar-refractivity contribution in [3.63, 3.8) is 0 Å². The lowest BCUT2D eigenvalue weighted by atomic mass is 9.99. The van der Waals surface area contributed by atoms with Crippen LogP contribution in [-0.2, 0) is 9.59 Å². The molecule has 27 heavy (non-hydrogen) atoms. The number of Topliss-reactive ketones (excluding diaryl/α,β-unsaturated/α-hetero) is 1. The highest BCUT2D eigenvalue weighted by atomic mass is 16.3. The maximum Gasteiger partial charge on any atom is 0.300 e. The van der Waals surface area contributed by atoms with Gasteiger partial charge in [0.05, 0.1) is 17.5 Å². The first-order valence-corrected chi connectivity index (χ1v) is 8.12. The third kappa shape index (κ3) is 2.65. The van der Waals surface area contributed by atoms with Crippen LogP contribution in [0.15, 0.2) is 77.2 Å². The number of aliphatic hydroxyl groups excluding tert-OH is 1. The number of phenols is 1. The van der Waals surface area contributed by atoms with Gasteiger partial charge in [-0.2, -0.15) is 0 Å². The van der Waals surface area contributed by atoms with Crippen LogP contribution in [0.2, 0.25) is 0 Å². The number of ketones is 1. The summed E-state index contributed by atoms with van der Waals surface area (Å²) in [4.78, 5) is 30.6. The van der Waals surface area contributed by atoms with Gasteiger partial charge in [0.25, 0.3) is 11.7 Å². The van der Waals surface area contributed by atoms with Crippen LogP contribution in [0.4, 0.5) is 5.69 Å². The van der Waals surface area contributed by atoms with Crippen molar-refractivity contribution in [3.8, 4) is 5.75 Å². The summed E-state index contributed by atoms with van der Waals surface area (Å²) >= 11 is 0. The Kier molecular flexibility index (Phi) is 3.97. The SMILES string of the molecule is O=C1C(=O)N(c2ccccc2O)C(c2ccco2)/C1=C(/O)c1ccncc1. The molecular formula is C20H14N2O5. The third-order valence-electron chi connectivity index (χ3n) is 4.35. The molecule has 0 aliphatic carbocycles. The summed E-state index contributed by atoms with van der Waals surface area (Å²) in [6.45, 7) is 0. The number of aliphatic hydroxyl groups is 1. The van der Waals surface area contributed by atoms with Gasteiger partial charge in [-0.3, -0.25) is 19.5 Å². The first-order chi connectivity index (χ1) is 13.1. The van der Waals surface area contributed by atoms with Crippen LogP contribution in [0, 0.1) is 0 Å². The molecule has 0 spiro atoms. The van der Waals surface area contributed by atoms with Gasteiger partial charge in [0.2, 0.25) is 0 Å². The molecule has 1 aliphatic rings. The lowest BCUT2D eigenvalue weighted by molar-refractivity contribution is -0.132. The molecular weight excluding hydrogens is 348 g/mol. The number of anilines is 1. The Hall–Kier alpha value is -3.87. The number of carbonyl (C=O) groups excluding carboxylic acids is 2. The first kappa shape index (κ1) is 16.6. The highest BCUT2D eigenvalue weighted by molar-refractivity contribution is 6.51. The van der Waals surface area contributed by atoms with Crippen molar-refractivity contribution < 1.29 is 24.2 Å². The van der Waals surface area contributed by atoms with E-state index in [4.69, 9.17) is 4.42 Å². The van der Waals surface area contributed by atoms with Gasteiger partial charge in [-0.15, -0.1) is 0 Å². The van der Waals surface area contributed by atoms with Crippen molar-refractivity contribution in [3.05, 3.63) is 84.1 Å². The molecule has 0 bridgehead atoms. The quantitative estimate of drug-likeness (QED) is 0.422. The van der Waals surface area contributed by atoms with Crippen LogP contribution >= 0.6 is 0 Å². The van der Waals surface area contributed by atoms with Crippen molar-refractivity contribution in [2.75, 3.05) is 4.90 Å². The zero-order valence-corrected chi connectivity index (χ0v) is 13.9. The maximum atomic E-state index is 12.8. The van der Waals surface area contributed by atoms with Crippen molar-refractivity contribution in [2.24, 2.45) is 0 Å². The predicted molar refractivity (Wildman–Crippen MR) is 95.8 cm³/mol. The van der Waals surface area contributed by atoms with Crippen molar-refractivity contribution in [1.29, 1.82) is 0 Å². The highest BCUT2D eigenvalue weighted by Gasteiger charge is 2.48. The van der Waals surface area contributed by atoms with Gasteiger partial charge >= 0.3 is 0 Å². The highest BCUT2D eigenvalue weighted by Crippen LogP contribution is 2.44. The Morgan fingerprint density at radius 2 is 1.78 bits per heavy atom. The minimum Gasteiger partial charge on any atom is -0.507 e. The Bertz CT molecular complexity index is 1040. The van der Waals surface area contributed by atoms with E-state index in [-0.39, 0.29) is 28.5 Å². The Balaban J connectivity index is 1.96. The normalized spacial score (nSPS) is 18.8.